The number of benzene rings is 1. The third kappa shape index (κ3) is 3.80. The van der Waals surface area contributed by atoms with E-state index >= 15 is 0 Å². The van der Waals surface area contributed by atoms with E-state index in [0.29, 0.717) is 43.3 Å². The number of rotatable bonds is 5. The fraction of sp³-hybridized carbons (Fsp3) is 0.364. The minimum Gasteiger partial charge on any atom is -0.372 e. The van der Waals surface area contributed by atoms with Gasteiger partial charge in [-0.1, -0.05) is 5.21 Å². The van der Waals surface area contributed by atoms with E-state index < -0.39 is 17.9 Å². The summed E-state index contributed by atoms with van der Waals surface area (Å²) in [6.45, 7) is 2.02. The zero-order valence-electron chi connectivity index (χ0n) is 19.0. The Morgan fingerprint density at radius 2 is 2.08 bits per heavy atom. The first kappa shape index (κ1) is 22.0. The van der Waals surface area contributed by atoms with Crippen molar-refractivity contribution < 1.29 is 23.9 Å². The molecular weight excluding hydrogens is 470 g/mol. The fourth-order valence-electron chi connectivity index (χ4n) is 4.63. The van der Waals surface area contributed by atoms with Crippen LogP contribution >= 0.6 is 0 Å². The molecule has 3 aromatic rings. The standard InChI is InChI=1S/C22H21N9O5/c32-19-4-3-16(21(34)24-19)30-9-12-7-13(1-2-14(12)22(30)35)31-10-15(25-28-31)20(33)23-8-17-26-27-18-11-36-6-5-29(17)18/h1-2,7,10,16H,3-6,8-9,11H2,(H,23,33)(H,24,32,34). The molecule has 0 bridgehead atoms. The Labute approximate surface area is 203 Å². The SMILES string of the molecule is O=C1CCC(N2Cc3cc(-n4cc(C(=O)NCc5nnc6n5CCOC6)nn4)ccc3C2=O)C(=O)N1. The number of carbonyl (C=O) groups excluding carboxylic acids is 4. The first-order valence-corrected chi connectivity index (χ1v) is 11.4. The second-order valence-electron chi connectivity index (χ2n) is 8.71. The first-order chi connectivity index (χ1) is 17.5. The summed E-state index contributed by atoms with van der Waals surface area (Å²) in [5.74, 6) is -0.0952. The summed E-state index contributed by atoms with van der Waals surface area (Å²) in [6, 6.07) is 4.46. The molecule has 4 amide bonds. The molecule has 36 heavy (non-hydrogen) atoms. The molecule has 184 valence electrons. The maximum absolute atomic E-state index is 12.9. The van der Waals surface area contributed by atoms with Crippen LogP contribution in [0.5, 0.6) is 0 Å². The van der Waals surface area contributed by atoms with Gasteiger partial charge in [-0.05, 0) is 30.2 Å². The van der Waals surface area contributed by atoms with Gasteiger partial charge in [-0.15, -0.1) is 15.3 Å². The van der Waals surface area contributed by atoms with Gasteiger partial charge in [-0.25, -0.2) is 4.68 Å². The van der Waals surface area contributed by atoms with Crippen molar-refractivity contribution in [2.45, 2.75) is 45.1 Å². The molecule has 1 aromatic carbocycles. The van der Waals surface area contributed by atoms with Gasteiger partial charge in [0.1, 0.15) is 12.6 Å². The highest BCUT2D eigenvalue weighted by Gasteiger charge is 2.39. The average molecular weight is 491 g/mol. The molecule has 3 aliphatic rings. The number of hydrogen-bond donors (Lipinski definition) is 2. The van der Waals surface area contributed by atoms with Crippen molar-refractivity contribution in [3.63, 3.8) is 0 Å². The lowest BCUT2D eigenvalue weighted by atomic mass is 10.0. The van der Waals surface area contributed by atoms with Crippen LogP contribution in [0.15, 0.2) is 24.4 Å². The van der Waals surface area contributed by atoms with Crippen LogP contribution in [0.2, 0.25) is 0 Å². The fourth-order valence-corrected chi connectivity index (χ4v) is 4.63. The van der Waals surface area contributed by atoms with E-state index in [9.17, 15) is 19.2 Å². The van der Waals surface area contributed by atoms with E-state index in [4.69, 9.17) is 4.74 Å². The summed E-state index contributed by atoms with van der Waals surface area (Å²) < 4.78 is 8.72. The summed E-state index contributed by atoms with van der Waals surface area (Å²) in [6.07, 6.45) is 1.99. The molecule has 1 saturated heterocycles. The van der Waals surface area contributed by atoms with Crippen LogP contribution in [0.1, 0.15) is 50.9 Å². The normalized spacial score (nSPS) is 19.2. The van der Waals surface area contributed by atoms with Gasteiger partial charge in [0, 0.05) is 25.1 Å². The highest BCUT2D eigenvalue weighted by Crippen LogP contribution is 2.29. The Hall–Kier alpha value is -4.46. The Morgan fingerprint density at radius 1 is 1.19 bits per heavy atom. The summed E-state index contributed by atoms with van der Waals surface area (Å²) >= 11 is 0. The third-order valence-electron chi connectivity index (χ3n) is 6.50. The van der Waals surface area contributed by atoms with E-state index in [0.717, 1.165) is 11.4 Å². The van der Waals surface area contributed by atoms with Gasteiger partial charge < -0.3 is 19.5 Å². The molecule has 0 spiro atoms. The number of piperidine rings is 1. The highest BCUT2D eigenvalue weighted by atomic mass is 16.5. The van der Waals surface area contributed by atoms with Crippen LogP contribution in [-0.2, 0) is 40.6 Å². The monoisotopic (exact) mass is 491 g/mol. The van der Waals surface area contributed by atoms with Crippen molar-refractivity contribution >= 4 is 23.6 Å². The predicted molar refractivity (Wildman–Crippen MR) is 118 cm³/mol. The van der Waals surface area contributed by atoms with Crippen molar-refractivity contribution in [3.8, 4) is 5.69 Å². The van der Waals surface area contributed by atoms with Crippen molar-refractivity contribution in [2.75, 3.05) is 6.61 Å². The van der Waals surface area contributed by atoms with E-state index in [1.807, 2.05) is 4.57 Å². The van der Waals surface area contributed by atoms with E-state index in [1.54, 1.807) is 18.2 Å². The second kappa shape index (κ2) is 8.64. The van der Waals surface area contributed by atoms with Crippen LogP contribution in [-0.4, -0.2) is 70.9 Å². The number of amides is 4. The van der Waals surface area contributed by atoms with E-state index in [1.165, 1.54) is 15.8 Å². The first-order valence-electron chi connectivity index (χ1n) is 11.4. The van der Waals surface area contributed by atoms with E-state index in [-0.39, 0.29) is 37.0 Å². The van der Waals surface area contributed by atoms with Crippen molar-refractivity contribution in [3.05, 3.63) is 52.9 Å². The molecule has 5 heterocycles. The lowest BCUT2D eigenvalue weighted by molar-refractivity contribution is -0.136. The number of hydrogen-bond acceptors (Lipinski definition) is 9. The Balaban J connectivity index is 1.14. The van der Waals surface area contributed by atoms with Gasteiger partial charge in [-0.3, -0.25) is 24.5 Å². The second-order valence-corrected chi connectivity index (χ2v) is 8.71. The molecule has 0 aliphatic carbocycles. The van der Waals surface area contributed by atoms with Crippen molar-refractivity contribution in [2.24, 2.45) is 0 Å². The maximum Gasteiger partial charge on any atom is 0.273 e. The maximum atomic E-state index is 12.9. The largest absolute Gasteiger partial charge is 0.372 e. The average Bonchev–Trinajstić information content (AvgIpc) is 3.60. The molecule has 1 unspecified atom stereocenters. The van der Waals surface area contributed by atoms with Crippen molar-refractivity contribution in [1.82, 2.24) is 45.3 Å². The molecule has 0 saturated carbocycles. The molecule has 2 N–H and O–H groups in total. The zero-order valence-corrected chi connectivity index (χ0v) is 19.0. The summed E-state index contributed by atoms with van der Waals surface area (Å²) in [5.41, 5.74) is 1.95. The lowest BCUT2D eigenvalue weighted by Crippen LogP contribution is -2.52. The number of carbonyl (C=O) groups is 4. The van der Waals surface area contributed by atoms with Gasteiger partial charge in [-0.2, -0.15) is 0 Å². The number of fused-ring (bicyclic) bond motifs is 2. The summed E-state index contributed by atoms with van der Waals surface area (Å²) in [7, 11) is 0. The number of imide groups is 1. The number of ether oxygens (including phenoxy) is 1. The van der Waals surface area contributed by atoms with Gasteiger partial charge in [0.15, 0.2) is 17.3 Å². The van der Waals surface area contributed by atoms with Crippen LogP contribution < -0.4 is 10.6 Å². The minimum atomic E-state index is -0.684. The Kier molecular flexibility index (Phi) is 5.29. The molecule has 0 radical (unpaired) electrons. The zero-order chi connectivity index (χ0) is 24.8. The topological polar surface area (TPSA) is 166 Å². The quantitative estimate of drug-likeness (QED) is 0.429. The molecule has 2 aromatic heterocycles. The van der Waals surface area contributed by atoms with Crippen LogP contribution in [0.3, 0.4) is 0 Å². The molecule has 14 heteroatoms. The number of nitrogens with one attached hydrogen (secondary N) is 2. The highest BCUT2D eigenvalue weighted by molar-refractivity contribution is 6.05. The smallest absolute Gasteiger partial charge is 0.273 e. The van der Waals surface area contributed by atoms with Crippen molar-refractivity contribution in [1.29, 1.82) is 0 Å². The van der Waals surface area contributed by atoms with Gasteiger partial charge in [0.2, 0.25) is 11.8 Å². The van der Waals surface area contributed by atoms with Crippen LogP contribution in [0, 0.1) is 0 Å². The van der Waals surface area contributed by atoms with Gasteiger partial charge in [0.25, 0.3) is 11.8 Å². The molecule has 1 fully saturated rings. The molecular formula is C22H21N9O5. The van der Waals surface area contributed by atoms with E-state index in [2.05, 4.69) is 31.1 Å². The molecule has 3 aliphatic heterocycles. The van der Waals surface area contributed by atoms with Gasteiger partial charge in [0.05, 0.1) is 25.0 Å². The van der Waals surface area contributed by atoms with Gasteiger partial charge >= 0.3 is 0 Å². The molecule has 14 nitrogen and oxygen atoms in total. The third-order valence-corrected chi connectivity index (χ3v) is 6.50. The number of aromatic nitrogens is 6. The summed E-state index contributed by atoms with van der Waals surface area (Å²) in [5, 5.41) is 21.3. The Bertz CT molecular complexity index is 1410. The van der Waals surface area contributed by atoms with Crippen LogP contribution in [0.4, 0.5) is 0 Å². The van der Waals surface area contributed by atoms with Crippen LogP contribution in [0.25, 0.3) is 5.69 Å². The minimum absolute atomic E-state index is 0.124. The summed E-state index contributed by atoms with van der Waals surface area (Å²) in [4.78, 5) is 50.7. The Morgan fingerprint density at radius 3 is 2.94 bits per heavy atom. The lowest BCUT2D eigenvalue weighted by Gasteiger charge is -2.29. The predicted octanol–water partition coefficient (Wildman–Crippen LogP) is -0.920. The molecule has 6 rings (SSSR count). The number of nitrogens with zero attached hydrogens (tertiary/aromatic N) is 7. The molecule has 1 atom stereocenters.